The first-order valence-electron chi connectivity index (χ1n) is 16.1. The summed E-state index contributed by atoms with van der Waals surface area (Å²) in [6, 6.07) is 64.8. The van der Waals surface area contributed by atoms with Crippen LogP contribution in [0.3, 0.4) is 0 Å². The van der Waals surface area contributed by atoms with E-state index in [4.69, 9.17) is 0 Å². The normalized spacial score (nSPS) is 16.3. The third kappa shape index (κ3) is 3.98. The van der Waals surface area contributed by atoms with E-state index in [9.17, 15) is 0 Å². The monoisotopic (exact) mass is 667 g/mol. The molecule has 1 spiro atoms. The van der Waals surface area contributed by atoms with Crippen molar-refractivity contribution >= 4 is 93.8 Å². The van der Waals surface area contributed by atoms with Crippen molar-refractivity contribution < 1.29 is 0 Å². The Morgan fingerprint density at radius 2 is 0.894 bits per heavy atom. The number of benzene rings is 7. The van der Waals surface area contributed by atoms with E-state index < -0.39 is 16.9 Å². The van der Waals surface area contributed by atoms with Crippen molar-refractivity contribution in [2.45, 2.75) is 19.6 Å². The highest BCUT2D eigenvalue weighted by atomic mass is 32.2. The van der Waals surface area contributed by atoms with Crippen LogP contribution in [0.5, 0.6) is 0 Å². The number of rotatable bonds is 2. The smallest absolute Gasteiger partial charge is 0.181 e. The van der Waals surface area contributed by atoms with Crippen molar-refractivity contribution in [2.24, 2.45) is 0 Å². The fraction of sp³-hybridized carbons (Fsp3) is 0. The number of fused-ring (bicyclic) bond motifs is 10. The van der Waals surface area contributed by atoms with Crippen LogP contribution < -0.4 is 41.2 Å². The van der Waals surface area contributed by atoms with Gasteiger partial charge in [0.1, 0.15) is 8.80 Å². The van der Waals surface area contributed by atoms with Gasteiger partial charge in [0.25, 0.3) is 0 Å². The summed E-state index contributed by atoms with van der Waals surface area (Å²) < 4.78 is 0. The molecule has 0 N–H and O–H groups in total. The zero-order valence-electron chi connectivity index (χ0n) is 25.5. The van der Waals surface area contributed by atoms with Gasteiger partial charge in [-0.15, -0.1) is 0 Å². The molecular weight excluding hydrogens is 639 g/mol. The minimum absolute atomic E-state index is 1.24. The molecule has 0 bridgehead atoms. The minimum atomic E-state index is -2.72. The molecule has 3 aliphatic rings. The summed E-state index contributed by atoms with van der Waals surface area (Å²) in [7, 11) is -4.52. The molecule has 0 amide bonds. The first kappa shape index (κ1) is 27.6. The lowest BCUT2D eigenvalue weighted by molar-refractivity contribution is 1.17. The zero-order chi connectivity index (χ0) is 31.0. The lowest BCUT2D eigenvalue weighted by atomic mass is 10.2. The molecule has 0 aliphatic carbocycles. The molecule has 0 saturated heterocycles. The molecule has 3 aliphatic heterocycles. The first-order chi connectivity index (χ1) is 23.3. The van der Waals surface area contributed by atoms with Gasteiger partial charge >= 0.3 is 0 Å². The Hall–Kier alpha value is -4.53. The zero-order valence-corrected chi connectivity index (χ0v) is 29.3. The fourth-order valence-electron chi connectivity index (χ4n) is 8.22. The van der Waals surface area contributed by atoms with Gasteiger partial charge in [-0.1, -0.05) is 160 Å². The Kier molecular flexibility index (Phi) is 6.31. The van der Waals surface area contributed by atoms with Gasteiger partial charge in [0.15, 0.2) is 8.07 Å². The lowest BCUT2D eigenvalue weighted by Gasteiger charge is -2.46. The largest absolute Gasteiger partial charge is 0.308 e. The highest BCUT2D eigenvalue weighted by Gasteiger charge is 2.53. The predicted molar refractivity (Wildman–Crippen MR) is 205 cm³/mol. The molecule has 1 unspecified atom stereocenters. The first-order valence-corrected chi connectivity index (χ1v) is 21.5. The molecule has 0 saturated carbocycles. The van der Waals surface area contributed by atoms with Gasteiger partial charge in [-0.3, -0.25) is 0 Å². The second-order valence-corrected chi connectivity index (χ2v) is 21.0. The molecular formula is C42H29NS2Si2. The topological polar surface area (TPSA) is 3.24 Å². The Morgan fingerprint density at radius 3 is 1.55 bits per heavy atom. The van der Waals surface area contributed by atoms with E-state index in [1.165, 1.54) is 52.2 Å². The lowest BCUT2D eigenvalue weighted by Crippen LogP contribution is -2.87. The van der Waals surface area contributed by atoms with Crippen LogP contribution in [0.2, 0.25) is 0 Å². The van der Waals surface area contributed by atoms with Crippen molar-refractivity contribution in [2.75, 3.05) is 4.90 Å². The molecule has 7 aromatic rings. The summed E-state index contributed by atoms with van der Waals surface area (Å²) in [5.41, 5.74) is 3.74. The van der Waals surface area contributed by atoms with Crippen LogP contribution in [0, 0.1) is 0 Å². The maximum absolute atomic E-state index is 2.72. The average molecular weight is 668 g/mol. The van der Waals surface area contributed by atoms with Gasteiger partial charge in [-0.2, -0.15) is 0 Å². The number of hydrogen-bond donors (Lipinski definition) is 0. The summed E-state index contributed by atoms with van der Waals surface area (Å²) in [6.45, 7) is 0. The molecule has 3 heterocycles. The van der Waals surface area contributed by atoms with Gasteiger partial charge in [0.05, 0.1) is 11.4 Å². The molecule has 0 radical (unpaired) electrons. The highest BCUT2D eigenvalue weighted by Crippen LogP contribution is 2.51. The van der Waals surface area contributed by atoms with Crippen LogP contribution in [0.1, 0.15) is 0 Å². The highest BCUT2D eigenvalue weighted by molar-refractivity contribution is 8.00. The number of nitrogens with zero attached hydrogens (tertiary/aromatic N) is 1. The van der Waals surface area contributed by atoms with E-state index in [0.717, 1.165) is 0 Å². The Balaban J connectivity index is 1.34. The molecule has 5 heteroatoms. The predicted octanol–water partition coefficient (Wildman–Crippen LogP) is 6.02. The van der Waals surface area contributed by atoms with Crippen LogP contribution in [-0.4, -0.2) is 16.9 Å². The van der Waals surface area contributed by atoms with Crippen LogP contribution in [0.4, 0.5) is 17.1 Å². The molecule has 222 valence electrons. The standard InChI is InChI=1S/C42H29NS2Si2/c1-2-14-30(15-3-1)46-37-22-10-13-25-41(37)47(39-23-11-8-20-35(39)45-36-21-9-12-24-40(36)47)42-28-29(26-27-38(42)46)43-31-16-4-6-18-33(31)44-34-19-7-5-17-32(34)43/h1-28,46H. The maximum Gasteiger partial charge on any atom is 0.181 e. The van der Waals surface area contributed by atoms with Gasteiger partial charge in [-0.05, 0) is 69.3 Å². The van der Waals surface area contributed by atoms with Gasteiger partial charge in [0.2, 0.25) is 0 Å². The van der Waals surface area contributed by atoms with E-state index in [2.05, 4.69) is 175 Å². The number of anilines is 3. The SMILES string of the molecule is c1ccc([SiH]2c3ccccc3[Si]3(c4ccccc4Sc4ccccc43)c3cc(N4c5ccccc5Sc5ccccc54)ccc32)cc1. The van der Waals surface area contributed by atoms with E-state index in [1.807, 2.05) is 23.5 Å². The van der Waals surface area contributed by atoms with Crippen molar-refractivity contribution in [3.8, 4) is 0 Å². The third-order valence-corrected chi connectivity index (χ3v) is 21.6. The molecule has 47 heavy (non-hydrogen) atoms. The van der Waals surface area contributed by atoms with Crippen LogP contribution in [0.25, 0.3) is 0 Å². The Bertz CT molecular complexity index is 2260. The molecule has 7 aromatic carbocycles. The number of hydrogen-bond acceptors (Lipinski definition) is 3. The van der Waals surface area contributed by atoms with Gasteiger partial charge in [-0.25, -0.2) is 0 Å². The molecule has 10 rings (SSSR count). The van der Waals surface area contributed by atoms with Crippen molar-refractivity contribution in [3.63, 3.8) is 0 Å². The van der Waals surface area contributed by atoms with Crippen LogP contribution in [0.15, 0.2) is 189 Å². The van der Waals surface area contributed by atoms with E-state index in [-0.39, 0.29) is 0 Å². The number of para-hydroxylation sites is 2. The van der Waals surface area contributed by atoms with E-state index in [1.54, 1.807) is 20.7 Å². The van der Waals surface area contributed by atoms with E-state index in [0.29, 0.717) is 0 Å². The second kappa shape index (κ2) is 10.8. The third-order valence-electron chi connectivity index (χ3n) is 10.1. The summed E-state index contributed by atoms with van der Waals surface area (Å²) >= 11 is 3.82. The van der Waals surface area contributed by atoms with Gasteiger partial charge < -0.3 is 4.90 Å². The summed E-state index contributed by atoms with van der Waals surface area (Å²) in [6.07, 6.45) is 0. The van der Waals surface area contributed by atoms with Crippen molar-refractivity contribution in [3.05, 3.63) is 170 Å². The molecule has 0 aromatic heterocycles. The quantitative estimate of drug-likeness (QED) is 0.208. The Morgan fingerprint density at radius 1 is 0.404 bits per heavy atom. The van der Waals surface area contributed by atoms with E-state index >= 15 is 0 Å². The summed E-state index contributed by atoms with van der Waals surface area (Å²) in [4.78, 5) is 7.89. The van der Waals surface area contributed by atoms with Crippen LogP contribution >= 0.6 is 23.5 Å². The summed E-state index contributed by atoms with van der Waals surface area (Å²) in [5.74, 6) is 0. The van der Waals surface area contributed by atoms with Crippen LogP contribution in [-0.2, 0) is 0 Å². The Labute approximate surface area is 286 Å². The van der Waals surface area contributed by atoms with Crippen molar-refractivity contribution in [1.82, 2.24) is 0 Å². The molecule has 1 atom stereocenters. The van der Waals surface area contributed by atoms with Gasteiger partial charge in [0, 0.05) is 25.3 Å². The molecule has 1 nitrogen and oxygen atoms in total. The second-order valence-electron chi connectivity index (χ2n) is 12.4. The van der Waals surface area contributed by atoms with Crippen molar-refractivity contribution in [1.29, 1.82) is 0 Å². The minimum Gasteiger partial charge on any atom is -0.308 e. The fourth-order valence-corrected chi connectivity index (χ4v) is 21.7. The molecule has 0 fully saturated rings. The maximum atomic E-state index is 2.62. The average Bonchev–Trinajstić information content (AvgIpc) is 3.14. The summed E-state index contributed by atoms with van der Waals surface area (Å²) in [5, 5.41) is 10.8.